The summed E-state index contributed by atoms with van der Waals surface area (Å²) in [5.41, 5.74) is 1.63. The van der Waals surface area contributed by atoms with E-state index in [4.69, 9.17) is 27.9 Å². The number of carboxylic acids is 1. The van der Waals surface area contributed by atoms with Crippen LogP contribution in [0, 0.1) is 5.92 Å². The van der Waals surface area contributed by atoms with Crippen molar-refractivity contribution in [2.24, 2.45) is 5.92 Å². The van der Waals surface area contributed by atoms with Gasteiger partial charge in [0.05, 0.1) is 12.1 Å². The molecule has 0 aromatic heterocycles. The predicted octanol–water partition coefficient (Wildman–Crippen LogP) is 5.01. The monoisotopic (exact) mass is 431 g/mol. The van der Waals surface area contributed by atoms with Gasteiger partial charge in [-0.3, -0.25) is 4.79 Å². The predicted molar refractivity (Wildman–Crippen MR) is 110 cm³/mol. The molecule has 1 heterocycles. The zero-order chi connectivity index (χ0) is 20.5. The molecular weight excluding hydrogens is 413 g/mol. The summed E-state index contributed by atoms with van der Waals surface area (Å²) in [4.78, 5) is 26.1. The fourth-order valence-electron chi connectivity index (χ4n) is 3.61. The summed E-state index contributed by atoms with van der Waals surface area (Å²) >= 11 is 12.3. The summed E-state index contributed by atoms with van der Waals surface area (Å²) < 4.78 is 5.98. The minimum atomic E-state index is -1.23. The number of amides is 1. The number of morpholine rings is 1. The lowest BCUT2D eigenvalue weighted by Gasteiger charge is -2.42. The minimum Gasteiger partial charge on any atom is -0.478 e. The van der Waals surface area contributed by atoms with E-state index in [-0.39, 0.29) is 5.76 Å². The van der Waals surface area contributed by atoms with Crippen LogP contribution in [0.3, 0.4) is 0 Å². The van der Waals surface area contributed by atoms with Crippen molar-refractivity contribution in [3.63, 3.8) is 0 Å². The first-order chi connectivity index (χ1) is 13.9. The zero-order valence-corrected chi connectivity index (χ0v) is 16.9. The van der Waals surface area contributed by atoms with Crippen LogP contribution in [0.4, 0.5) is 0 Å². The number of carboxylic acid groups (broad SMARTS) is 1. The van der Waals surface area contributed by atoms with Gasteiger partial charge in [-0.25, -0.2) is 4.79 Å². The van der Waals surface area contributed by atoms with Gasteiger partial charge >= 0.3 is 5.97 Å². The number of hydrogen-bond acceptors (Lipinski definition) is 3. The quantitative estimate of drug-likeness (QED) is 0.675. The second kappa shape index (κ2) is 8.09. The van der Waals surface area contributed by atoms with E-state index in [9.17, 15) is 14.7 Å². The van der Waals surface area contributed by atoms with Gasteiger partial charge in [0.25, 0.3) is 5.91 Å². The molecule has 4 rings (SSSR count). The largest absolute Gasteiger partial charge is 0.478 e. The van der Waals surface area contributed by atoms with Crippen LogP contribution in [0.1, 0.15) is 36.1 Å². The molecule has 2 aromatic carbocycles. The van der Waals surface area contributed by atoms with Crippen molar-refractivity contribution in [1.82, 2.24) is 4.90 Å². The average molecular weight is 432 g/mol. The van der Waals surface area contributed by atoms with Crippen LogP contribution < -0.4 is 0 Å². The summed E-state index contributed by atoms with van der Waals surface area (Å²) in [6.07, 6.45) is 2.34. The Bertz CT molecular complexity index is 969. The van der Waals surface area contributed by atoms with E-state index in [0.717, 1.165) is 30.0 Å². The molecule has 0 unspecified atom stereocenters. The Hall–Kier alpha value is -2.50. The highest BCUT2D eigenvalue weighted by atomic mass is 35.5. The van der Waals surface area contributed by atoms with E-state index in [1.807, 2.05) is 24.3 Å². The maximum absolute atomic E-state index is 13.1. The lowest BCUT2D eigenvalue weighted by atomic mass is 9.92. The number of hydrogen-bond donors (Lipinski definition) is 1. The molecule has 29 heavy (non-hydrogen) atoms. The number of rotatable bonds is 5. The molecule has 150 valence electrons. The average Bonchev–Trinajstić information content (AvgIpc) is 3.49. The third kappa shape index (κ3) is 4.41. The molecule has 0 bridgehead atoms. The summed E-state index contributed by atoms with van der Waals surface area (Å²) in [5, 5.41) is 10.3. The number of ether oxygens (including phenoxy) is 1. The molecule has 1 aliphatic carbocycles. The van der Waals surface area contributed by atoms with Crippen LogP contribution in [-0.2, 0) is 14.3 Å². The topological polar surface area (TPSA) is 66.8 Å². The van der Waals surface area contributed by atoms with Gasteiger partial charge in [0, 0.05) is 16.6 Å². The highest BCUT2D eigenvalue weighted by Crippen LogP contribution is 2.45. The number of aliphatic carboxylic acids is 1. The van der Waals surface area contributed by atoms with E-state index in [1.54, 1.807) is 29.2 Å². The molecule has 1 amide bonds. The lowest BCUT2D eigenvalue weighted by molar-refractivity contribution is -0.149. The van der Waals surface area contributed by atoms with E-state index >= 15 is 0 Å². The first-order valence-corrected chi connectivity index (χ1v) is 10.1. The molecule has 2 aliphatic rings. The van der Waals surface area contributed by atoms with Crippen molar-refractivity contribution in [2.45, 2.75) is 25.0 Å². The maximum Gasteiger partial charge on any atom is 0.332 e. The van der Waals surface area contributed by atoms with E-state index in [2.05, 4.69) is 0 Å². The number of carbonyl (C=O) groups is 2. The maximum atomic E-state index is 13.1. The smallest absolute Gasteiger partial charge is 0.332 e. The number of benzene rings is 2. The second-order valence-corrected chi connectivity index (χ2v) is 8.21. The zero-order valence-electron chi connectivity index (χ0n) is 15.4. The van der Waals surface area contributed by atoms with Crippen LogP contribution in [0.15, 0.2) is 60.4 Å². The van der Waals surface area contributed by atoms with E-state index < -0.39 is 24.0 Å². The first-order valence-electron chi connectivity index (χ1n) is 9.35. The first kappa shape index (κ1) is 19.8. The number of halogens is 2. The highest BCUT2D eigenvalue weighted by molar-refractivity contribution is 6.30. The summed E-state index contributed by atoms with van der Waals surface area (Å²) in [7, 11) is 0. The van der Waals surface area contributed by atoms with Crippen LogP contribution in [-0.4, -0.2) is 28.4 Å². The van der Waals surface area contributed by atoms with Gasteiger partial charge in [0.1, 0.15) is 6.10 Å². The van der Waals surface area contributed by atoms with Crippen LogP contribution in [0.2, 0.25) is 10.0 Å². The summed E-state index contributed by atoms with van der Waals surface area (Å²) in [6.45, 7) is 0.545. The fourth-order valence-corrected chi connectivity index (χ4v) is 3.94. The van der Waals surface area contributed by atoms with Gasteiger partial charge in [-0.2, -0.15) is 0 Å². The second-order valence-electron chi connectivity index (χ2n) is 7.34. The van der Waals surface area contributed by atoms with Crippen LogP contribution in [0.25, 0.3) is 0 Å². The third-order valence-corrected chi connectivity index (χ3v) is 5.63. The van der Waals surface area contributed by atoms with E-state index in [1.165, 1.54) is 0 Å². The molecule has 7 heteroatoms. The Morgan fingerprint density at radius 1 is 1.10 bits per heavy atom. The molecule has 2 fully saturated rings. The Morgan fingerprint density at radius 3 is 2.45 bits per heavy atom. The number of nitrogens with zero attached hydrogens (tertiary/aromatic N) is 1. The van der Waals surface area contributed by atoms with Gasteiger partial charge in [-0.05, 0) is 54.2 Å². The van der Waals surface area contributed by atoms with Crippen LogP contribution >= 0.6 is 23.2 Å². The molecular formula is C22H19Cl2NO4. The molecule has 1 N–H and O–H groups in total. The standard InChI is InChI=1S/C22H19Cl2NO4/c23-16-8-6-14(7-9-16)20-21(15-2-1-3-17(24)10-15)29-18(11-19(26)27)22(28)25(20)12-13-4-5-13/h1-3,6-11,13,20-21H,4-5,12H2,(H,26,27)/b18-11+/t20-,21-/m1/s1. The third-order valence-electron chi connectivity index (χ3n) is 5.14. The van der Waals surface area contributed by atoms with Gasteiger partial charge in [0.15, 0.2) is 5.76 Å². The van der Waals surface area contributed by atoms with Gasteiger partial charge in [0.2, 0.25) is 0 Å². The van der Waals surface area contributed by atoms with Gasteiger partial charge in [-0.15, -0.1) is 0 Å². The minimum absolute atomic E-state index is 0.173. The summed E-state index contributed by atoms with van der Waals surface area (Å²) in [5.74, 6) is -1.40. The van der Waals surface area contributed by atoms with Crippen molar-refractivity contribution in [1.29, 1.82) is 0 Å². The van der Waals surface area contributed by atoms with Gasteiger partial charge < -0.3 is 14.7 Å². The lowest BCUT2D eigenvalue weighted by Crippen LogP contribution is -2.45. The van der Waals surface area contributed by atoms with E-state index in [0.29, 0.717) is 22.5 Å². The Kier molecular flexibility index (Phi) is 5.52. The molecule has 5 nitrogen and oxygen atoms in total. The fraction of sp³-hybridized carbons (Fsp3) is 0.273. The van der Waals surface area contributed by atoms with Crippen molar-refractivity contribution >= 4 is 35.1 Å². The SMILES string of the molecule is O=C(O)/C=C1/O[C@H](c2cccc(Cl)c2)[C@@H](c2ccc(Cl)cc2)N(CC2CC2)C1=O. The molecule has 2 aromatic rings. The molecule has 2 atom stereocenters. The molecule has 0 spiro atoms. The normalized spacial score (nSPS) is 23.2. The Labute approximate surface area is 178 Å². The van der Waals surface area contributed by atoms with Crippen molar-refractivity contribution in [2.75, 3.05) is 6.54 Å². The number of carbonyl (C=O) groups excluding carboxylic acids is 1. The van der Waals surface area contributed by atoms with Crippen molar-refractivity contribution < 1.29 is 19.4 Å². The molecule has 0 radical (unpaired) electrons. The van der Waals surface area contributed by atoms with Gasteiger partial charge in [-0.1, -0.05) is 47.5 Å². The van der Waals surface area contributed by atoms with Crippen molar-refractivity contribution in [3.05, 3.63) is 81.5 Å². The Balaban J connectivity index is 1.83. The Morgan fingerprint density at radius 2 is 1.83 bits per heavy atom. The summed E-state index contributed by atoms with van der Waals surface area (Å²) in [6, 6.07) is 14.1. The molecule has 1 saturated heterocycles. The van der Waals surface area contributed by atoms with Crippen molar-refractivity contribution in [3.8, 4) is 0 Å². The van der Waals surface area contributed by atoms with Crippen LogP contribution in [0.5, 0.6) is 0 Å². The molecule has 1 aliphatic heterocycles. The molecule has 1 saturated carbocycles. The highest BCUT2D eigenvalue weighted by Gasteiger charge is 2.44.